The fourth-order valence-corrected chi connectivity index (χ4v) is 4.15. The second kappa shape index (κ2) is 9.56. The molecule has 4 aromatic carbocycles. The number of nitrogens with one attached hydrogen (secondary N) is 2. The van der Waals surface area contributed by atoms with Crippen LogP contribution < -0.4 is 5.32 Å². The molecule has 6 nitrogen and oxygen atoms in total. The Labute approximate surface area is 207 Å². The maximum atomic E-state index is 13.5. The molecule has 7 heteroatoms. The van der Waals surface area contributed by atoms with Crippen LogP contribution >= 0.6 is 0 Å². The second-order valence-electron chi connectivity index (χ2n) is 8.59. The van der Waals surface area contributed by atoms with Crippen LogP contribution in [0.4, 0.5) is 4.39 Å². The highest BCUT2D eigenvalue weighted by Crippen LogP contribution is 2.25. The Morgan fingerprint density at radius 3 is 2.28 bits per heavy atom. The zero-order chi connectivity index (χ0) is 24.3. The molecule has 0 amide bonds. The number of aromatic amines is 1. The lowest BCUT2D eigenvalue weighted by Crippen LogP contribution is -2.13. The Bertz CT molecular complexity index is 1600. The van der Waals surface area contributed by atoms with Gasteiger partial charge in [-0.25, -0.2) is 9.37 Å². The summed E-state index contributed by atoms with van der Waals surface area (Å²) in [6.07, 6.45) is 1.79. The molecule has 36 heavy (non-hydrogen) atoms. The number of aromatic nitrogens is 5. The van der Waals surface area contributed by atoms with E-state index in [2.05, 4.69) is 61.9 Å². The van der Waals surface area contributed by atoms with E-state index in [4.69, 9.17) is 0 Å². The van der Waals surface area contributed by atoms with Crippen molar-refractivity contribution in [1.82, 2.24) is 30.3 Å². The van der Waals surface area contributed by atoms with E-state index in [0.29, 0.717) is 12.1 Å². The average Bonchev–Trinajstić information content (AvgIpc) is 3.57. The maximum Gasteiger partial charge on any atom is 0.138 e. The number of para-hydroxylation sites is 1. The summed E-state index contributed by atoms with van der Waals surface area (Å²) in [6, 6.07) is 31.2. The van der Waals surface area contributed by atoms with Crippen LogP contribution in [0.2, 0.25) is 0 Å². The van der Waals surface area contributed by atoms with Gasteiger partial charge in [0.05, 0.1) is 28.6 Å². The molecule has 0 unspecified atom stereocenters. The van der Waals surface area contributed by atoms with Crippen LogP contribution in [0.15, 0.2) is 103 Å². The Morgan fingerprint density at radius 1 is 0.778 bits per heavy atom. The van der Waals surface area contributed by atoms with E-state index < -0.39 is 0 Å². The van der Waals surface area contributed by atoms with Gasteiger partial charge >= 0.3 is 0 Å². The van der Waals surface area contributed by atoms with Crippen molar-refractivity contribution < 1.29 is 4.39 Å². The zero-order valence-electron chi connectivity index (χ0n) is 19.4. The smallest absolute Gasteiger partial charge is 0.138 e. The van der Waals surface area contributed by atoms with Crippen molar-refractivity contribution in [3.05, 3.63) is 120 Å². The number of hydrogen-bond acceptors (Lipinski definition) is 4. The van der Waals surface area contributed by atoms with E-state index in [-0.39, 0.29) is 5.82 Å². The van der Waals surface area contributed by atoms with Gasteiger partial charge in [-0.15, -0.1) is 0 Å². The monoisotopic (exact) mass is 474 g/mol. The molecule has 0 spiro atoms. The summed E-state index contributed by atoms with van der Waals surface area (Å²) in [6.45, 7) is 1.38. The normalized spacial score (nSPS) is 11.2. The summed E-state index contributed by atoms with van der Waals surface area (Å²) in [5.41, 5.74) is 7.70. The highest BCUT2D eigenvalue weighted by molar-refractivity contribution is 5.80. The molecule has 0 bridgehead atoms. The molecule has 0 radical (unpaired) electrons. The fourth-order valence-electron chi connectivity index (χ4n) is 4.15. The number of nitrogens with zero attached hydrogens (tertiary/aromatic N) is 4. The van der Waals surface area contributed by atoms with Crippen LogP contribution in [0.25, 0.3) is 39.2 Å². The van der Waals surface area contributed by atoms with Crippen LogP contribution in [0.1, 0.15) is 11.3 Å². The molecule has 0 aliphatic heterocycles. The summed E-state index contributed by atoms with van der Waals surface area (Å²) < 4.78 is 13.5. The first-order chi connectivity index (χ1) is 17.7. The minimum Gasteiger partial charge on any atom is -0.338 e. The Balaban J connectivity index is 1.07. The molecule has 0 aliphatic rings. The molecule has 2 heterocycles. The van der Waals surface area contributed by atoms with Crippen LogP contribution in [-0.4, -0.2) is 25.0 Å². The summed E-state index contributed by atoms with van der Waals surface area (Å²) in [5.74, 6) is 0.454. The highest BCUT2D eigenvalue weighted by Gasteiger charge is 2.07. The van der Waals surface area contributed by atoms with Crippen molar-refractivity contribution in [2.24, 2.45) is 0 Å². The minimum atomic E-state index is -0.275. The second-order valence-corrected chi connectivity index (χ2v) is 8.59. The highest BCUT2D eigenvalue weighted by atomic mass is 19.1. The summed E-state index contributed by atoms with van der Waals surface area (Å²) in [7, 11) is 0. The molecule has 2 aromatic heterocycles. The molecule has 2 N–H and O–H groups in total. The van der Waals surface area contributed by atoms with Gasteiger partial charge in [0, 0.05) is 18.7 Å². The third kappa shape index (κ3) is 4.64. The van der Waals surface area contributed by atoms with Gasteiger partial charge in [-0.2, -0.15) is 15.0 Å². The lowest BCUT2D eigenvalue weighted by molar-refractivity contribution is 0.629. The summed E-state index contributed by atoms with van der Waals surface area (Å²) in [4.78, 5) is 9.40. The van der Waals surface area contributed by atoms with Crippen LogP contribution in [0.5, 0.6) is 0 Å². The molecule has 0 fully saturated rings. The number of benzene rings is 4. The molecule has 176 valence electrons. The summed E-state index contributed by atoms with van der Waals surface area (Å²) >= 11 is 0. The predicted molar refractivity (Wildman–Crippen MR) is 139 cm³/mol. The number of rotatable bonds is 7. The third-order valence-electron chi connectivity index (χ3n) is 6.05. The Morgan fingerprint density at radius 2 is 1.50 bits per heavy atom. The number of fused-ring (bicyclic) bond motifs is 1. The van der Waals surface area contributed by atoms with Crippen molar-refractivity contribution in [2.75, 3.05) is 0 Å². The fraction of sp³-hybridized carbons (Fsp3) is 0.0690. The maximum absolute atomic E-state index is 13.5. The van der Waals surface area contributed by atoms with Crippen LogP contribution in [0, 0.1) is 5.82 Å². The van der Waals surface area contributed by atoms with E-state index in [9.17, 15) is 4.39 Å². The molecular weight excluding hydrogens is 451 g/mol. The first-order valence-corrected chi connectivity index (χ1v) is 11.7. The van der Waals surface area contributed by atoms with Crippen molar-refractivity contribution in [1.29, 1.82) is 0 Å². The van der Waals surface area contributed by atoms with E-state index in [0.717, 1.165) is 46.0 Å². The van der Waals surface area contributed by atoms with E-state index >= 15 is 0 Å². The van der Waals surface area contributed by atoms with Gasteiger partial charge < -0.3 is 10.3 Å². The number of imidazole rings is 1. The van der Waals surface area contributed by atoms with Crippen LogP contribution in [0.3, 0.4) is 0 Å². The SMILES string of the molecule is Fc1ccc2nc(-c3ccc(-c4ccc(CNCc5cnn(-c6ccccc6)n5)cc4)cc3)[nH]c2c1. The minimum absolute atomic E-state index is 0.275. The Hall–Kier alpha value is -4.62. The molecule has 6 rings (SSSR count). The van der Waals surface area contributed by atoms with Crippen molar-refractivity contribution >= 4 is 11.0 Å². The van der Waals surface area contributed by atoms with Gasteiger partial charge in [-0.1, -0.05) is 66.7 Å². The van der Waals surface area contributed by atoms with Gasteiger partial charge in [-0.05, 0) is 47.0 Å². The molecule has 0 aliphatic carbocycles. The number of H-pyrrole nitrogens is 1. The summed E-state index contributed by atoms with van der Waals surface area (Å²) in [5, 5.41) is 12.3. The van der Waals surface area contributed by atoms with Gasteiger partial charge in [0.2, 0.25) is 0 Å². The van der Waals surface area contributed by atoms with E-state index in [1.54, 1.807) is 17.1 Å². The molecule has 0 saturated carbocycles. The predicted octanol–water partition coefficient (Wildman–Crippen LogP) is 5.91. The quantitative estimate of drug-likeness (QED) is 0.302. The third-order valence-corrected chi connectivity index (χ3v) is 6.05. The average molecular weight is 475 g/mol. The van der Waals surface area contributed by atoms with Crippen molar-refractivity contribution in [2.45, 2.75) is 13.1 Å². The topological polar surface area (TPSA) is 71.4 Å². The van der Waals surface area contributed by atoms with Gasteiger partial charge in [0.1, 0.15) is 11.6 Å². The zero-order valence-corrected chi connectivity index (χ0v) is 19.4. The number of hydrogen-bond donors (Lipinski definition) is 2. The first kappa shape index (κ1) is 21.9. The largest absolute Gasteiger partial charge is 0.338 e. The lowest BCUT2D eigenvalue weighted by atomic mass is 10.0. The molecule has 0 atom stereocenters. The van der Waals surface area contributed by atoms with Gasteiger partial charge in [-0.3, -0.25) is 0 Å². The standard InChI is InChI=1S/C29H23FN6/c30-24-14-15-27-28(16-24)34-29(33-27)23-12-10-22(11-13-23)21-8-6-20(7-9-21)17-31-18-25-19-32-36(35-25)26-4-2-1-3-5-26/h1-16,19,31H,17-18H2,(H,33,34). The molecular formula is C29H23FN6. The van der Waals surface area contributed by atoms with Gasteiger partial charge in [0.15, 0.2) is 0 Å². The van der Waals surface area contributed by atoms with Gasteiger partial charge in [0.25, 0.3) is 0 Å². The van der Waals surface area contributed by atoms with Crippen molar-refractivity contribution in [3.8, 4) is 28.2 Å². The Kier molecular flexibility index (Phi) is 5.81. The van der Waals surface area contributed by atoms with Crippen LogP contribution in [-0.2, 0) is 13.1 Å². The van der Waals surface area contributed by atoms with E-state index in [1.807, 2.05) is 42.5 Å². The first-order valence-electron chi connectivity index (χ1n) is 11.7. The molecule has 6 aromatic rings. The number of halogens is 1. The van der Waals surface area contributed by atoms with Crippen molar-refractivity contribution in [3.63, 3.8) is 0 Å². The molecule has 0 saturated heterocycles. The lowest BCUT2D eigenvalue weighted by Gasteiger charge is -2.06. The van der Waals surface area contributed by atoms with E-state index in [1.165, 1.54) is 17.7 Å².